The van der Waals surface area contributed by atoms with Crippen LogP contribution in [-0.2, 0) is 0 Å². The molecule has 1 atom stereocenters. The predicted molar refractivity (Wildman–Crippen MR) is 93.1 cm³/mol. The Morgan fingerprint density at radius 3 is 2.62 bits per heavy atom. The van der Waals surface area contributed by atoms with Crippen molar-refractivity contribution in [2.45, 2.75) is 12.6 Å². The molecule has 2 heterocycles. The van der Waals surface area contributed by atoms with Crippen LogP contribution >= 0.6 is 11.6 Å². The van der Waals surface area contributed by atoms with Crippen molar-refractivity contribution >= 4 is 23.3 Å². The molecular formula is C18H18ClN3O2. The van der Waals surface area contributed by atoms with Gasteiger partial charge in [-0.1, -0.05) is 29.8 Å². The number of ether oxygens (including phenoxy) is 1. The summed E-state index contributed by atoms with van der Waals surface area (Å²) in [5.74, 6) is 0.802. The molecule has 0 saturated carbocycles. The molecule has 0 spiro atoms. The molecule has 0 unspecified atom stereocenters. The number of anilines is 1. The summed E-state index contributed by atoms with van der Waals surface area (Å²) in [6, 6.07) is 15.3. The number of carbonyl (C=O) groups is 1. The van der Waals surface area contributed by atoms with Gasteiger partial charge in [0.25, 0.3) is 0 Å². The van der Waals surface area contributed by atoms with Crippen LogP contribution in [0.2, 0.25) is 5.02 Å². The Morgan fingerprint density at radius 1 is 1.12 bits per heavy atom. The minimum absolute atomic E-state index is 0.00409. The molecule has 4 rings (SSSR count). The standard InChI is InChI=1S/C18H18ClN3O2/c1-24-16-8-6-13(7-9-16)17-20-10-3-11-21(20)18(23)22(17)15-5-2-4-14(19)12-15/h2,4-9,12,17H,3,10-11H2,1H3/t17-/m0/s1. The zero-order chi connectivity index (χ0) is 16.7. The highest BCUT2D eigenvalue weighted by Crippen LogP contribution is 2.41. The lowest BCUT2D eigenvalue weighted by Gasteiger charge is -2.28. The van der Waals surface area contributed by atoms with E-state index in [4.69, 9.17) is 16.3 Å². The Morgan fingerprint density at radius 2 is 1.92 bits per heavy atom. The van der Waals surface area contributed by atoms with E-state index in [1.807, 2.05) is 58.4 Å². The summed E-state index contributed by atoms with van der Waals surface area (Å²) in [7, 11) is 1.65. The Balaban J connectivity index is 1.78. The lowest BCUT2D eigenvalue weighted by molar-refractivity contribution is 0.0727. The summed E-state index contributed by atoms with van der Waals surface area (Å²) >= 11 is 6.14. The number of halogens is 1. The molecule has 2 aliphatic rings. The minimum atomic E-state index is -0.163. The second kappa shape index (κ2) is 6.00. The normalized spacial score (nSPS) is 20.6. The first-order valence-electron chi connectivity index (χ1n) is 7.96. The van der Waals surface area contributed by atoms with Crippen LogP contribution < -0.4 is 9.64 Å². The van der Waals surface area contributed by atoms with E-state index in [1.165, 1.54) is 0 Å². The summed E-state index contributed by atoms with van der Waals surface area (Å²) in [5.41, 5.74) is 1.86. The van der Waals surface area contributed by atoms with Crippen LogP contribution in [0.4, 0.5) is 10.5 Å². The van der Waals surface area contributed by atoms with Gasteiger partial charge in [0.2, 0.25) is 0 Å². The van der Waals surface area contributed by atoms with Crippen molar-refractivity contribution in [2.75, 3.05) is 25.1 Å². The third-order valence-corrected chi connectivity index (χ3v) is 4.76. The Labute approximate surface area is 145 Å². The highest BCUT2D eigenvalue weighted by molar-refractivity contribution is 6.30. The van der Waals surface area contributed by atoms with Crippen molar-refractivity contribution in [3.8, 4) is 5.75 Å². The lowest BCUT2D eigenvalue weighted by Crippen LogP contribution is -2.32. The van der Waals surface area contributed by atoms with E-state index in [0.717, 1.165) is 36.5 Å². The van der Waals surface area contributed by atoms with Crippen molar-refractivity contribution < 1.29 is 9.53 Å². The second-order valence-electron chi connectivity index (χ2n) is 5.92. The average Bonchev–Trinajstić information content (AvgIpc) is 3.17. The van der Waals surface area contributed by atoms with Crippen LogP contribution in [0.25, 0.3) is 0 Å². The lowest BCUT2D eigenvalue weighted by atomic mass is 10.1. The maximum atomic E-state index is 12.9. The molecule has 2 aliphatic heterocycles. The summed E-state index contributed by atoms with van der Waals surface area (Å²) in [4.78, 5) is 14.8. The molecular weight excluding hydrogens is 326 g/mol. The number of methoxy groups -OCH3 is 1. The van der Waals surface area contributed by atoms with Crippen LogP contribution in [0, 0.1) is 0 Å². The number of rotatable bonds is 3. The van der Waals surface area contributed by atoms with Crippen LogP contribution in [-0.4, -0.2) is 36.2 Å². The van der Waals surface area contributed by atoms with Gasteiger partial charge in [0.05, 0.1) is 7.11 Å². The van der Waals surface area contributed by atoms with Crippen LogP contribution in [0.1, 0.15) is 18.2 Å². The largest absolute Gasteiger partial charge is 0.497 e. The molecule has 0 bridgehead atoms. The Kier molecular flexibility index (Phi) is 3.82. The highest BCUT2D eigenvalue weighted by Gasteiger charge is 2.47. The molecule has 0 radical (unpaired) electrons. The van der Waals surface area contributed by atoms with Gasteiger partial charge in [0.15, 0.2) is 0 Å². The van der Waals surface area contributed by atoms with E-state index in [9.17, 15) is 4.79 Å². The fourth-order valence-electron chi connectivity index (χ4n) is 3.43. The quantitative estimate of drug-likeness (QED) is 0.847. The number of benzene rings is 2. The maximum Gasteiger partial charge on any atom is 0.340 e. The number of hydrazine groups is 1. The third kappa shape index (κ3) is 2.41. The predicted octanol–water partition coefficient (Wildman–Crippen LogP) is 3.91. The van der Waals surface area contributed by atoms with Crippen molar-refractivity contribution in [2.24, 2.45) is 0 Å². The van der Waals surface area contributed by atoms with Crippen LogP contribution in [0.5, 0.6) is 5.75 Å². The molecule has 0 aliphatic carbocycles. The molecule has 6 heteroatoms. The number of carbonyl (C=O) groups excluding carboxylic acids is 1. The third-order valence-electron chi connectivity index (χ3n) is 4.52. The summed E-state index contributed by atoms with van der Waals surface area (Å²) in [6.45, 7) is 1.61. The fraction of sp³-hybridized carbons (Fsp3) is 0.278. The number of amides is 2. The van der Waals surface area contributed by atoms with E-state index in [2.05, 4.69) is 5.01 Å². The molecule has 0 aromatic heterocycles. The minimum Gasteiger partial charge on any atom is -0.497 e. The van der Waals surface area contributed by atoms with Gasteiger partial charge in [0, 0.05) is 23.8 Å². The molecule has 2 saturated heterocycles. The zero-order valence-corrected chi connectivity index (χ0v) is 14.1. The van der Waals surface area contributed by atoms with Gasteiger partial charge in [-0.25, -0.2) is 4.79 Å². The van der Waals surface area contributed by atoms with Gasteiger partial charge < -0.3 is 4.74 Å². The molecule has 124 valence electrons. The van der Waals surface area contributed by atoms with Gasteiger partial charge in [-0.3, -0.25) is 9.91 Å². The van der Waals surface area contributed by atoms with E-state index in [1.54, 1.807) is 7.11 Å². The highest BCUT2D eigenvalue weighted by atomic mass is 35.5. The van der Waals surface area contributed by atoms with Crippen molar-refractivity contribution in [3.05, 3.63) is 59.1 Å². The van der Waals surface area contributed by atoms with Gasteiger partial charge in [-0.2, -0.15) is 5.01 Å². The van der Waals surface area contributed by atoms with Gasteiger partial charge >= 0.3 is 6.03 Å². The Hall–Kier alpha value is -2.24. The fourth-order valence-corrected chi connectivity index (χ4v) is 3.61. The summed E-state index contributed by atoms with van der Waals surface area (Å²) in [5, 5.41) is 4.58. The molecule has 2 aromatic rings. The Bertz CT molecular complexity index is 765. The average molecular weight is 344 g/mol. The van der Waals surface area contributed by atoms with Gasteiger partial charge in [-0.15, -0.1) is 0 Å². The molecule has 0 N–H and O–H groups in total. The van der Waals surface area contributed by atoms with Crippen LogP contribution in [0.15, 0.2) is 48.5 Å². The first-order valence-corrected chi connectivity index (χ1v) is 8.33. The molecule has 24 heavy (non-hydrogen) atoms. The SMILES string of the molecule is COc1ccc([C@@H]2N(c3cccc(Cl)c3)C(=O)N3CCCN23)cc1. The first kappa shape index (κ1) is 15.3. The molecule has 2 amide bonds. The van der Waals surface area contributed by atoms with Crippen LogP contribution in [0.3, 0.4) is 0 Å². The number of urea groups is 1. The topological polar surface area (TPSA) is 36.0 Å². The van der Waals surface area contributed by atoms with Gasteiger partial charge in [0.1, 0.15) is 11.9 Å². The van der Waals surface area contributed by atoms with Gasteiger partial charge in [-0.05, 0) is 42.3 Å². The molecule has 2 aromatic carbocycles. The summed E-state index contributed by atoms with van der Waals surface area (Å²) < 4.78 is 5.24. The number of nitrogens with zero attached hydrogens (tertiary/aromatic N) is 3. The second-order valence-corrected chi connectivity index (χ2v) is 6.36. The van der Waals surface area contributed by atoms with E-state index in [-0.39, 0.29) is 12.2 Å². The van der Waals surface area contributed by atoms with E-state index >= 15 is 0 Å². The van der Waals surface area contributed by atoms with Crippen molar-refractivity contribution in [3.63, 3.8) is 0 Å². The maximum absolute atomic E-state index is 12.9. The van der Waals surface area contributed by atoms with E-state index in [0.29, 0.717) is 5.02 Å². The zero-order valence-electron chi connectivity index (χ0n) is 13.4. The summed E-state index contributed by atoms with van der Waals surface area (Å²) in [6.07, 6.45) is 0.825. The smallest absolute Gasteiger partial charge is 0.340 e. The van der Waals surface area contributed by atoms with E-state index < -0.39 is 0 Å². The molecule has 5 nitrogen and oxygen atoms in total. The van der Waals surface area contributed by atoms with Crippen molar-refractivity contribution in [1.29, 1.82) is 0 Å². The number of hydrogen-bond donors (Lipinski definition) is 0. The number of fused-ring (bicyclic) bond motifs is 1. The van der Waals surface area contributed by atoms with Crippen molar-refractivity contribution in [1.82, 2.24) is 10.0 Å². The monoisotopic (exact) mass is 343 g/mol. The molecule has 2 fully saturated rings. The first-order chi connectivity index (χ1) is 11.7. The number of hydrogen-bond acceptors (Lipinski definition) is 3.